The second-order valence-corrected chi connectivity index (χ2v) is 6.83. The molecule has 146 valence electrons. The van der Waals surface area contributed by atoms with Crippen LogP contribution in [0.1, 0.15) is 38.4 Å². The lowest BCUT2D eigenvalue weighted by molar-refractivity contribution is -0.127. The molecule has 0 aliphatic carbocycles. The minimum Gasteiger partial charge on any atom is -0.357 e. The maximum absolute atomic E-state index is 11.6. The van der Waals surface area contributed by atoms with Crippen LogP contribution in [0.3, 0.4) is 0 Å². The first-order valence-corrected chi connectivity index (χ1v) is 10.00. The smallest absolute Gasteiger partial charge is 0.222 e. The van der Waals surface area contributed by atoms with Crippen molar-refractivity contribution in [1.82, 2.24) is 25.5 Å². The molecule has 3 N–H and O–H groups in total. The predicted octanol–water partition coefficient (Wildman–Crippen LogP) is 2.06. The number of carbonyl (C=O) groups is 1. The number of fused-ring (bicyclic) bond motifs is 1. The Morgan fingerprint density at radius 1 is 1.30 bits per heavy atom. The fourth-order valence-electron chi connectivity index (χ4n) is 3.32. The molecule has 27 heavy (non-hydrogen) atoms. The summed E-state index contributed by atoms with van der Waals surface area (Å²) in [7, 11) is 0. The molecule has 1 aliphatic heterocycles. The second-order valence-electron chi connectivity index (χ2n) is 6.83. The van der Waals surface area contributed by atoms with E-state index < -0.39 is 0 Å². The largest absolute Gasteiger partial charge is 0.357 e. The average Bonchev–Trinajstić information content (AvgIpc) is 3.27. The summed E-state index contributed by atoms with van der Waals surface area (Å²) in [5.41, 5.74) is 2.11. The van der Waals surface area contributed by atoms with Crippen LogP contribution in [0.25, 0.3) is 11.0 Å². The number of nitrogens with one attached hydrogen (secondary N) is 3. The summed E-state index contributed by atoms with van der Waals surface area (Å²) >= 11 is 0. The van der Waals surface area contributed by atoms with Crippen molar-refractivity contribution >= 4 is 22.9 Å². The number of aliphatic imine (C=N–C) groups is 1. The zero-order chi connectivity index (χ0) is 18.9. The van der Waals surface area contributed by atoms with Gasteiger partial charge in [0.1, 0.15) is 5.82 Å². The summed E-state index contributed by atoms with van der Waals surface area (Å²) in [6.07, 6.45) is 4.49. The SMILES string of the molecule is CCNC(=NCCCN1CCCC1=O)NCCCc1nc2ccccc2[nH]1. The van der Waals surface area contributed by atoms with Gasteiger partial charge in [-0.3, -0.25) is 9.79 Å². The number of benzene rings is 1. The van der Waals surface area contributed by atoms with E-state index in [0.29, 0.717) is 6.42 Å². The molecule has 1 amide bonds. The van der Waals surface area contributed by atoms with E-state index in [1.807, 2.05) is 23.1 Å². The van der Waals surface area contributed by atoms with Crippen molar-refractivity contribution in [2.24, 2.45) is 4.99 Å². The van der Waals surface area contributed by atoms with Gasteiger partial charge >= 0.3 is 0 Å². The van der Waals surface area contributed by atoms with Crippen LogP contribution in [0.15, 0.2) is 29.3 Å². The highest BCUT2D eigenvalue weighted by atomic mass is 16.2. The van der Waals surface area contributed by atoms with E-state index in [-0.39, 0.29) is 5.91 Å². The number of likely N-dealkylation sites (tertiary alicyclic amines) is 1. The Bertz CT molecular complexity index is 736. The van der Waals surface area contributed by atoms with Crippen LogP contribution < -0.4 is 10.6 Å². The zero-order valence-corrected chi connectivity index (χ0v) is 16.1. The number of nitrogens with zero attached hydrogens (tertiary/aromatic N) is 3. The molecule has 0 unspecified atom stereocenters. The van der Waals surface area contributed by atoms with Crippen molar-refractivity contribution in [2.75, 3.05) is 32.7 Å². The monoisotopic (exact) mass is 370 g/mol. The zero-order valence-electron chi connectivity index (χ0n) is 16.1. The molecule has 1 saturated heterocycles. The Balaban J connectivity index is 1.37. The summed E-state index contributed by atoms with van der Waals surface area (Å²) in [6.45, 7) is 6.18. The fraction of sp³-hybridized carbons (Fsp3) is 0.550. The van der Waals surface area contributed by atoms with Gasteiger partial charge in [0.05, 0.1) is 11.0 Å². The van der Waals surface area contributed by atoms with Crippen molar-refractivity contribution in [2.45, 2.75) is 39.0 Å². The molecule has 0 atom stereocenters. The topological polar surface area (TPSA) is 85.4 Å². The third-order valence-corrected chi connectivity index (χ3v) is 4.69. The van der Waals surface area contributed by atoms with Gasteiger partial charge in [0.25, 0.3) is 0 Å². The number of carbonyl (C=O) groups excluding carboxylic acids is 1. The van der Waals surface area contributed by atoms with E-state index in [9.17, 15) is 4.79 Å². The quantitative estimate of drug-likeness (QED) is 0.358. The number of aromatic amines is 1. The standard InChI is InChI=1S/C20H30N6O/c1-2-21-20(23-13-7-15-26-14-6-11-19(26)27)22-12-5-10-18-24-16-8-3-4-9-17(16)25-18/h3-4,8-9H,2,5-7,10-15H2,1H3,(H,24,25)(H2,21,22,23). The number of amides is 1. The van der Waals surface area contributed by atoms with Crippen LogP contribution in [0.4, 0.5) is 0 Å². The Morgan fingerprint density at radius 2 is 2.19 bits per heavy atom. The Morgan fingerprint density at radius 3 is 2.96 bits per heavy atom. The van der Waals surface area contributed by atoms with E-state index in [2.05, 4.69) is 38.6 Å². The number of rotatable bonds is 9. The number of aryl methyl sites for hydroxylation is 1. The molecule has 3 rings (SSSR count). The number of guanidine groups is 1. The number of H-pyrrole nitrogens is 1. The number of hydrogen-bond acceptors (Lipinski definition) is 3. The molecule has 1 aromatic carbocycles. The Labute approximate surface area is 160 Å². The predicted molar refractivity (Wildman–Crippen MR) is 109 cm³/mol. The number of imidazole rings is 1. The van der Waals surface area contributed by atoms with E-state index >= 15 is 0 Å². The number of aromatic nitrogens is 2. The summed E-state index contributed by atoms with van der Waals surface area (Å²) < 4.78 is 0. The van der Waals surface area contributed by atoms with Gasteiger partial charge in [-0.25, -0.2) is 4.98 Å². The van der Waals surface area contributed by atoms with Gasteiger partial charge in [0.15, 0.2) is 5.96 Å². The molecule has 1 aliphatic rings. The highest BCUT2D eigenvalue weighted by Crippen LogP contribution is 2.11. The summed E-state index contributed by atoms with van der Waals surface area (Å²) in [6, 6.07) is 8.10. The summed E-state index contributed by atoms with van der Waals surface area (Å²) in [4.78, 5) is 26.1. The fourth-order valence-corrected chi connectivity index (χ4v) is 3.32. The minimum atomic E-state index is 0.287. The van der Waals surface area contributed by atoms with E-state index in [1.165, 1.54) is 0 Å². The third-order valence-electron chi connectivity index (χ3n) is 4.69. The first-order chi connectivity index (χ1) is 13.3. The molecule has 1 fully saturated rings. The lowest BCUT2D eigenvalue weighted by Crippen LogP contribution is -2.38. The first kappa shape index (κ1) is 19.2. The van der Waals surface area contributed by atoms with E-state index in [4.69, 9.17) is 0 Å². The van der Waals surface area contributed by atoms with Crippen LogP contribution in [0, 0.1) is 0 Å². The molecule has 0 spiro atoms. The lowest BCUT2D eigenvalue weighted by atomic mass is 10.3. The van der Waals surface area contributed by atoms with Crippen LogP contribution in [-0.2, 0) is 11.2 Å². The van der Waals surface area contributed by atoms with E-state index in [0.717, 1.165) is 81.2 Å². The van der Waals surface area contributed by atoms with Crippen LogP contribution >= 0.6 is 0 Å². The summed E-state index contributed by atoms with van der Waals surface area (Å²) in [5.74, 6) is 2.15. The second kappa shape index (κ2) is 9.94. The number of para-hydroxylation sites is 2. The van der Waals surface area contributed by atoms with Gasteiger partial charge in [0.2, 0.25) is 5.91 Å². The molecule has 7 heteroatoms. The van der Waals surface area contributed by atoms with Gasteiger partial charge in [-0.2, -0.15) is 0 Å². The molecule has 0 radical (unpaired) electrons. The molecule has 2 aromatic rings. The maximum atomic E-state index is 11.6. The molecular weight excluding hydrogens is 340 g/mol. The van der Waals surface area contributed by atoms with E-state index in [1.54, 1.807) is 0 Å². The van der Waals surface area contributed by atoms with Gasteiger partial charge in [-0.1, -0.05) is 12.1 Å². The van der Waals surface area contributed by atoms with Crippen LogP contribution in [-0.4, -0.2) is 59.5 Å². The highest BCUT2D eigenvalue weighted by Gasteiger charge is 2.18. The third kappa shape index (κ3) is 5.70. The van der Waals surface area contributed by atoms with Crippen molar-refractivity contribution in [3.05, 3.63) is 30.1 Å². The molecule has 0 saturated carbocycles. The average molecular weight is 371 g/mol. The molecule has 1 aromatic heterocycles. The molecule has 7 nitrogen and oxygen atoms in total. The van der Waals surface area contributed by atoms with Crippen molar-refractivity contribution in [1.29, 1.82) is 0 Å². The Hall–Kier alpha value is -2.57. The van der Waals surface area contributed by atoms with Gasteiger partial charge in [0, 0.05) is 45.6 Å². The normalized spacial score (nSPS) is 14.9. The maximum Gasteiger partial charge on any atom is 0.222 e. The van der Waals surface area contributed by atoms with Crippen LogP contribution in [0.2, 0.25) is 0 Å². The van der Waals surface area contributed by atoms with Crippen LogP contribution in [0.5, 0.6) is 0 Å². The first-order valence-electron chi connectivity index (χ1n) is 10.00. The highest BCUT2D eigenvalue weighted by molar-refractivity contribution is 5.80. The minimum absolute atomic E-state index is 0.287. The van der Waals surface area contributed by atoms with Crippen molar-refractivity contribution in [3.8, 4) is 0 Å². The van der Waals surface area contributed by atoms with Gasteiger partial charge in [-0.05, 0) is 38.3 Å². The van der Waals surface area contributed by atoms with Crippen molar-refractivity contribution < 1.29 is 4.79 Å². The lowest BCUT2D eigenvalue weighted by Gasteiger charge is -2.15. The number of hydrogen-bond donors (Lipinski definition) is 3. The molecule has 0 bridgehead atoms. The molecule has 2 heterocycles. The van der Waals surface area contributed by atoms with Gasteiger partial charge in [-0.15, -0.1) is 0 Å². The van der Waals surface area contributed by atoms with Gasteiger partial charge < -0.3 is 20.5 Å². The summed E-state index contributed by atoms with van der Waals surface area (Å²) in [5, 5.41) is 6.65. The molecular formula is C20H30N6O. The Kier molecular flexibility index (Phi) is 7.07. The van der Waals surface area contributed by atoms with Crippen molar-refractivity contribution in [3.63, 3.8) is 0 Å².